The maximum atomic E-state index is 13.3. The number of hydrogen-bond acceptors (Lipinski definition) is 4. The molecule has 6 nitrogen and oxygen atoms in total. The molecule has 0 atom stereocenters. The van der Waals surface area contributed by atoms with E-state index in [2.05, 4.69) is 4.72 Å². The van der Waals surface area contributed by atoms with Gasteiger partial charge in [0.25, 0.3) is 10.0 Å². The average molecular weight is 416 g/mol. The third kappa shape index (κ3) is 4.28. The van der Waals surface area contributed by atoms with Gasteiger partial charge in [0, 0.05) is 18.8 Å². The van der Waals surface area contributed by atoms with E-state index in [4.69, 9.17) is 0 Å². The van der Waals surface area contributed by atoms with Gasteiger partial charge < -0.3 is 0 Å². The molecule has 1 aliphatic rings. The number of halogens is 2. The van der Waals surface area contributed by atoms with E-state index in [0.717, 1.165) is 31.4 Å². The van der Waals surface area contributed by atoms with Crippen LogP contribution >= 0.6 is 0 Å². The summed E-state index contributed by atoms with van der Waals surface area (Å²) in [4.78, 5) is -0.369. The summed E-state index contributed by atoms with van der Waals surface area (Å²) in [6.07, 6.45) is 2.62. The predicted molar refractivity (Wildman–Crippen MR) is 96.2 cm³/mol. The lowest BCUT2D eigenvalue weighted by atomic mass is 10.2. The number of benzene rings is 2. The number of rotatable bonds is 5. The second-order valence-electron chi connectivity index (χ2n) is 6.17. The first-order valence-electron chi connectivity index (χ1n) is 8.28. The third-order valence-corrected chi connectivity index (χ3v) is 7.55. The number of nitrogens with one attached hydrogen (secondary N) is 1. The highest BCUT2D eigenvalue weighted by atomic mass is 32.2. The number of hydrogen-bond donors (Lipinski definition) is 1. The van der Waals surface area contributed by atoms with Gasteiger partial charge in [-0.2, -0.15) is 4.31 Å². The van der Waals surface area contributed by atoms with E-state index in [1.807, 2.05) is 0 Å². The molecule has 0 aliphatic carbocycles. The largest absolute Gasteiger partial charge is 0.280 e. The van der Waals surface area contributed by atoms with E-state index < -0.39 is 36.6 Å². The fourth-order valence-electron chi connectivity index (χ4n) is 2.81. The summed E-state index contributed by atoms with van der Waals surface area (Å²) in [5.74, 6) is -2.43. The minimum Gasteiger partial charge on any atom is -0.280 e. The Morgan fingerprint density at radius 1 is 0.778 bits per heavy atom. The molecule has 1 saturated heterocycles. The van der Waals surface area contributed by atoms with Crippen molar-refractivity contribution in [2.75, 3.05) is 17.8 Å². The summed E-state index contributed by atoms with van der Waals surface area (Å²) in [6, 6.07) is 7.49. The van der Waals surface area contributed by atoms with Gasteiger partial charge in [-0.15, -0.1) is 0 Å². The molecule has 0 spiro atoms. The van der Waals surface area contributed by atoms with Gasteiger partial charge in [-0.1, -0.05) is 6.42 Å². The average Bonchev–Trinajstić information content (AvgIpc) is 2.65. The van der Waals surface area contributed by atoms with Crippen molar-refractivity contribution in [3.05, 3.63) is 54.1 Å². The lowest BCUT2D eigenvalue weighted by Gasteiger charge is -2.25. The monoisotopic (exact) mass is 416 g/mol. The van der Waals surface area contributed by atoms with Crippen LogP contribution in [0.1, 0.15) is 19.3 Å². The molecule has 2 aromatic carbocycles. The van der Waals surface area contributed by atoms with E-state index in [-0.39, 0.29) is 10.6 Å². The van der Waals surface area contributed by atoms with Gasteiger partial charge in [-0.25, -0.2) is 25.6 Å². The zero-order valence-corrected chi connectivity index (χ0v) is 15.9. The first-order chi connectivity index (χ1) is 12.7. The van der Waals surface area contributed by atoms with Crippen LogP contribution in [0.25, 0.3) is 0 Å². The van der Waals surface area contributed by atoms with Crippen molar-refractivity contribution in [3.8, 4) is 0 Å². The highest BCUT2D eigenvalue weighted by Gasteiger charge is 2.26. The van der Waals surface area contributed by atoms with Crippen LogP contribution in [0, 0.1) is 11.6 Å². The highest BCUT2D eigenvalue weighted by molar-refractivity contribution is 7.92. The van der Waals surface area contributed by atoms with Gasteiger partial charge in [0.05, 0.1) is 9.79 Å². The first kappa shape index (κ1) is 19.7. The third-order valence-electron chi connectivity index (χ3n) is 4.26. The molecule has 1 N–H and O–H groups in total. The van der Waals surface area contributed by atoms with Crippen LogP contribution in [-0.2, 0) is 20.0 Å². The van der Waals surface area contributed by atoms with E-state index in [9.17, 15) is 25.6 Å². The molecule has 10 heteroatoms. The Hall–Kier alpha value is -2.04. The van der Waals surface area contributed by atoms with Gasteiger partial charge >= 0.3 is 0 Å². The SMILES string of the molecule is O=S(=O)(Nc1ccc(S(=O)(=O)N2CCCCC2)cc1)c1ccc(F)c(F)c1. The fourth-order valence-corrected chi connectivity index (χ4v) is 5.39. The Bertz CT molecular complexity index is 1030. The van der Waals surface area contributed by atoms with Crippen molar-refractivity contribution in [2.24, 2.45) is 0 Å². The molecular weight excluding hydrogens is 398 g/mol. The van der Waals surface area contributed by atoms with Gasteiger partial charge in [0.15, 0.2) is 11.6 Å². The van der Waals surface area contributed by atoms with Crippen molar-refractivity contribution in [1.29, 1.82) is 0 Å². The van der Waals surface area contributed by atoms with Crippen LogP contribution in [0.2, 0.25) is 0 Å². The molecule has 0 amide bonds. The first-order valence-corrected chi connectivity index (χ1v) is 11.2. The van der Waals surface area contributed by atoms with E-state index in [1.165, 1.54) is 28.6 Å². The number of piperidine rings is 1. The van der Waals surface area contributed by atoms with Crippen LogP contribution in [0.5, 0.6) is 0 Å². The molecule has 3 rings (SSSR count). The maximum Gasteiger partial charge on any atom is 0.261 e. The maximum absolute atomic E-state index is 13.3. The molecule has 146 valence electrons. The quantitative estimate of drug-likeness (QED) is 0.812. The smallest absolute Gasteiger partial charge is 0.261 e. The molecule has 0 aromatic heterocycles. The number of nitrogens with zero attached hydrogens (tertiary/aromatic N) is 1. The van der Waals surface area contributed by atoms with Crippen LogP contribution in [0.3, 0.4) is 0 Å². The van der Waals surface area contributed by atoms with Crippen molar-refractivity contribution in [2.45, 2.75) is 29.1 Å². The number of sulfonamides is 2. The van der Waals surface area contributed by atoms with E-state index >= 15 is 0 Å². The Balaban J connectivity index is 1.80. The van der Waals surface area contributed by atoms with E-state index in [0.29, 0.717) is 19.2 Å². The molecule has 0 saturated carbocycles. The Labute approximate surface area is 156 Å². The molecule has 2 aromatic rings. The van der Waals surface area contributed by atoms with Gasteiger partial charge in [-0.05, 0) is 55.3 Å². The summed E-state index contributed by atoms with van der Waals surface area (Å²) < 4.78 is 79.6. The van der Waals surface area contributed by atoms with Crippen molar-refractivity contribution in [1.82, 2.24) is 4.31 Å². The highest BCUT2D eigenvalue weighted by Crippen LogP contribution is 2.23. The Morgan fingerprint density at radius 2 is 1.37 bits per heavy atom. The second-order valence-corrected chi connectivity index (χ2v) is 9.79. The van der Waals surface area contributed by atoms with Crippen molar-refractivity contribution in [3.63, 3.8) is 0 Å². The van der Waals surface area contributed by atoms with Crippen LogP contribution in [0.4, 0.5) is 14.5 Å². The van der Waals surface area contributed by atoms with Gasteiger partial charge in [-0.3, -0.25) is 4.72 Å². The topological polar surface area (TPSA) is 83.5 Å². The molecule has 0 bridgehead atoms. The molecule has 1 aliphatic heterocycles. The summed E-state index contributed by atoms with van der Waals surface area (Å²) in [6.45, 7) is 0.930. The van der Waals surface area contributed by atoms with Gasteiger partial charge in [0.1, 0.15) is 0 Å². The molecule has 0 unspecified atom stereocenters. The summed E-state index contributed by atoms with van der Waals surface area (Å²) in [5.41, 5.74) is 0.109. The summed E-state index contributed by atoms with van der Waals surface area (Å²) in [7, 11) is -7.76. The van der Waals surface area contributed by atoms with Crippen molar-refractivity contribution < 1.29 is 25.6 Å². The zero-order valence-electron chi connectivity index (χ0n) is 14.2. The lowest BCUT2D eigenvalue weighted by molar-refractivity contribution is 0.346. The normalized spacial score (nSPS) is 16.2. The van der Waals surface area contributed by atoms with E-state index in [1.54, 1.807) is 0 Å². The summed E-state index contributed by atoms with van der Waals surface area (Å²) >= 11 is 0. The van der Waals surface area contributed by atoms with Crippen molar-refractivity contribution >= 4 is 25.7 Å². The molecule has 1 heterocycles. The predicted octanol–water partition coefficient (Wildman–Crippen LogP) is 2.94. The minimum atomic E-state index is -4.14. The molecule has 0 radical (unpaired) electrons. The molecule has 1 fully saturated rings. The standard InChI is InChI=1S/C17H18F2N2O4S2/c18-16-9-8-15(12-17(16)19)26(22,23)20-13-4-6-14(7-5-13)27(24,25)21-10-2-1-3-11-21/h4-9,12,20H,1-3,10-11H2. The zero-order chi connectivity index (χ0) is 19.7. The minimum absolute atomic E-state index is 0.0696. The van der Waals surface area contributed by atoms with Crippen LogP contribution in [-0.4, -0.2) is 34.2 Å². The molecular formula is C17H18F2N2O4S2. The number of anilines is 1. The van der Waals surface area contributed by atoms with Gasteiger partial charge in [0.2, 0.25) is 10.0 Å². The fraction of sp³-hybridized carbons (Fsp3) is 0.294. The van der Waals surface area contributed by atoms with Crippen LogP contribution < -0.4 is 4.72 Å². The second kappa shape index (κ2) is 7.53. The molecule has 27 heavy (non-hydrogen) atoms. The summed E-state index contributed by atoms with van der Waals surface area (Å²) in [5, 5.41) is 0. The Kier molecular flexibility index (Phi) is 5.50. The van der Waals surface area contributed by atoms with Crippen LogP contribution in [0.15, 0.2) is 52.3 Å². The Morgan fingerprint density at radius 3 is 1.96 bits per heavy atom. The lowest BCUT2D eigenvalue weighted by Crippen LogP contribution is -2.35.